The summed E-state index contributed by atoms with van der Waals surface area (Å²) >= 11 is 0. The van der Waals surface area contributed by atoms with Gasteiger partial charge in [0.1, 0.15) is 0 Å². The maximum Gasteiger partial charge on any atom is 0.258 e. The van der Waals surface area contributed by atoms with Crippen LogP contribution in [-0.4, -0.2) is 43.0 Å². The Balaban J connectivity index is 2.11. The Morgan fingerprint density at radius 2 is 2.39 bits per heavy atom. The van der Waals surface area contributed by atoms with Crippen LogP contribution in [0.3, 0.4) is 0 Å². The Labute approximate surface area is 106 Å². The molecule has 1 fully saturated rings. The fourth-order valence-electron chi connectivity index (χ4n) is 2.06. The number of nitrogens with zero attached hydrogens (tertiary/aromatic N) is 2. The van der Waals surface area contributed by atoms with Gasteiger partial charge in [-0.05, 0) is 19.4 Å². The largest absolute Gasteiger partial charge is 0.377 e. The average molecular weight is 274 g/mol. The Morgan fingerprint density at radius 3 is 2.89 bits per heavy atom. The maximum atomic E-state index is 12.1. The number of hydrogen-bond acceptors (Lipinski definition) is 5. The Bertz CT molecular complexity index is 511. The Kier molecular flexibility index (Phi) is 3.71. The van der Waals surface area contributed by atoms with Gasteiger partial charge in [-0.25, -0.2) is 13.1 Å². The third kappa shape index (κ3) is 2.41. The predicted octanol–water partition coefficient (Wildman–Crippen LogP) is -0.797. The lowest BCUT2D eigenvalue weighted by Gasteiger charge is -2.42. The molecule has 1 aromatic heterocycles. The number of rotatable bonds is 5. The minimum Gasteiger partial charge on any atom is -0.377 e. The number of ether oxygens (including phenoxy) is 1. The molecule has 1 saturated carbocycles. The fraction of sp³-hybridized carbons (Fsp3) is 0.700. The molecule has 102 valence electrons. The van der Waals surface area contributed by atoms with Crippen LogP contribution in [-0.2, 0) is 21.8 Å². The van der Waals surface area contributed by atoms with Gasteiger partial charge in [-0.15, -0.1) is 0 Å². The van der Waals surface area contributed by atoms with Crippen LogP contribution in [0.5, 0.6) is 0 Å². The van der Waals surface area contributed by atoms with Crippen molar-refractivity contribution in [1.29, 1.82) is 0 Å². The third-order valence-corrected chi connectivity index (χ3v) is 4.62. The van der Waals surface area contributed by atoms with Crippen LogP contribution in [0.2, 0.25) is 0 Å². The summed E-state index contributed by atoms with van der Waals surface area (Å²) in [7, 11) is -2.02. The molecule has 0 radical (unpaired) electrons. The van der Waals surface area contributed by atoms with E-state index in [1.165, 1.54) is 16.9 Å². The maximum absolute atomic E-state index is 12.1. The van der Waals surface area contributed by atoms with Gasteiger partial charge >= 0.3 is 0 Å². The predicted molar refractivity (Wildman–Crippen MR) is 65.3 cm³/mol. The van der Waals surface area contributed by atoms with Crippen molar-refractivity contribution in [2.75, 3.05) is 6.61 Å². The molecule has 0 amide bonds. The number of sulfonamides is 1. The molecule has 18 heavy (non-hydrogen) atoms. The molecule has 0 aromatic carbocycles. The fourth-order valence-corrected chi connectivity index (χ4v) is 3.50. The van der Waals surface area contributed by atoms with Gasteiger partial charge in [-0.2, -0.15) is 5.10 Å². The van der Waals surface area contributed by atoms with E-state index in [1.54, 1.807) is 7.05 Å². The van der Waals surface area contributed by atoms with Crippen molar-refractivity contribution in [3.63, 3.8) is 0 Å². The molecule has 3 atom stereocenters. The van der Waals surface area contributed by atoms with Crippen LogP contribution in [0.4, 0.5) is 0 Å². The molecule has 3 N–H and O–H groups in total. The monoisotopic (exact) mass is 274 g/mol. The second kappa shape index (κ2) is 4.96. The summed E-state index contributed by atoms with van der Waals surface area (Å²) in [5.41, 5.74) is 5.81. The number of aromatic nitrogens is 2. The van der Waals surface area contributed by atoms with E-state index in [9.17, 15) is 8.42 Å². The lowest BCUT2D eigenvalue weighted by atomic mass is 9.84. The summed E-state index contributed by atoms with van der Waals surface area (Å²) in [5.74, 6) is 0. The van der Waals surface area contributed by atoms with E-state index in [4.69, 9.17) is 10.5 Å². The van der Waals surface area contributed by atoms with E-state index < -0.39 is 10.0 Å². The average Bonchev–Trinajstić information content (AvgIpc) is 2.73. The molecule has 8 heteroatoms. The normalized spacial score (nSPS) is 28.1. The van der Waals surface area contributed by atoms with E-state index in [0.717, 1.165) is 0 Å². The Hall–Kier alpha value is -0.960. The molecule has 0 spiro atoms. The van der Waals surface area contributed by atoms with Crippen molar-refractivity contribution >= 4 is 10.0 Å². The minimum absolute atomic E-state index is 0.122. The van der Waals surface area contributed by atoms with E-state index >= 15 is 0 Å². The van der Waals surface area contributed by atoms with Crippen molar-refractivity contribution in [3.8, 4) is 0 Å². The molecule has 1 aliphatic carbocycles. The molecular weight excluding hydrogens is 256 g/mol. The molecule has 0 saturated heterocycles. The van der Waals surface area contributed by atoms with Gasteiger partial charge in [0.25, 0.3) is 10.0 Å². The topological polar surface area (TPSA) is 99.2 Å². The SMILES string of the molecule is CCOC1CC(N)C1NS(=O)(=O)c1ccnn1C. The summed E-state index contributed by atoms with van der Waals surface area (Å²) in [6.07, 6.45) is 1.97. The Morgan fingerprint density at radius 1 is 1.67 bits per heavy atom. The third-order valence-electron chi connectivity index (χ3n) is 3.09. The number of nitrogens with one attached hydrogen (secondary N) is 1. The smallest absolute Gasteiger partial charge is 0.258 e. The molecule has 1 aromatic rings. The van der Waals surface area contributed by atoms with Crippen LogP contribution >= 0.6 is 0 Å². The van der Waals surface area contributed by atoms with Gasteiger partial charge in [0, 0.05) is 19.7 Å². The molecule has 1 heterocycles. The molecule has 0 bridgehead atoms. The number of nitrogens with two attached hydrogens (primary N) is 1. The second-order valence-electron chi connectivity index (χ2n) is 4.33. The zero-order valence-corrected chi connectivity index (χ0v) is 11.2. The van der Waals surface area contributed by atoms with E-state index in [2.05, 4.69) is 9.82 Å². The van der Waals surface area contributed by atoms with Crippen LogP contribution in [0, 0.1) is 0 Å². The minimum atomic E-state index is -3.60. The summed E-state index contributed by atoms with van der Waals surface area (Å²) in [5, 5.41) is 3.97. The molecule has 2 rings (SSSR count). The highest BCUT2D eigenvalue weighted by molar-refractivity contribution is 7.89. The summed E-state index contributed by atoms with van der Waals surface area (Å²) in [4.78, 5) is 0. The highest BCUT2D eigenvalue weighted by Gasteiger charge is 2.42. The first-order valence-electron chi connectivity index (χ1n) is 5.83. The van der Waals surface area contributed by atoms with Crippen molar-refractivity contribution in [3.05, 3.63) is 12.3 Å². The first-order chi connectivity index (χ1) is 8.45. The zero-order chi connectivity index (χ0) is 13.3. The number of hydrogen-bond donors (Lipinski definition) is 2. The van der Waals surface area contributed by atoms with Gasteiger partial charge in [0.15, 0.2) is 5.03 Å². The van der Waals surface area contributed by atoms with Gasteiger partial charge in [-0.1, -0.05) is 0 Å². The second-order valence-corrected chi connectivity index (χ2v) is 5.99. The van der Waals surface area contributed by atoms with Crippen LogP contribution < -0.4 is 10.5 Å². The van der Waals surface area contributed by atoms with Crippen LogP contribution in [0.25, 0.3) is 0 Å². The first kappa shape index (κ1) is 13.5. The standard InChI is InChI=1S/C10H18N4O3S/c1-3-17-8-6-7(11)10(8)13-18(15,16)9-4-5-12-14(9)2/h4-5,7-8,10,13H,3,6,11H2,1-2H3. The summed E-state index contributed by atoms with van der Waals surface area (Å²) in [6.45, 7) is 2.41. The molecular formula is C10H18N4O3S. The van der Waals surface area contributed by atoms with Gasteiger partial charge in [0.05, 0.1) is 18.3 Å². The molecule has 0 aliphatic heterocycles. The van der Waals surface area contributed by atoms with Crippen LogP contribution in [0.1, 0.15) is 13.3 Å². The van der Waals surface area contributed by atoms with Crippen LogP contribution in [0.15, 0.2) is 17.3 Å². The lowest BCUT2D eigenvalue weighted by Crippen LogP contribution is -2.64. The van der Waals surface area contributed by atoms with Crippen molar-refractivity contribution in [2.24, 2.45) is 12.8 Å². The zero-order valence-electron chi connectivity index (χ0n) is 10.4. The highest BCUT2D eigenvalue weighted by Crippen LogP contribution is 2.24. The quantitative estimate of drug-likeness (QED) is 0.732. The van der Waals surface area contributed by atoms with Crippen molar-refractivity contribution in [2.45, 2.75) is 36.6 Å². The van der Waals surface area contributed by atoms with Gasteiger partial charge < -0.3 is 10.5 Å². The van der Waals surface area contributed by atoms with Crippen molar-refractivity contribution in [1.82, 2.24) is 14.5 Å². The lowest BCUT2D eigenvalue weighted by molar-refractivity contribution is -0.0248. The van der Waals surface area contributed by atoms with Gasteiger partial charge in [0.2, 0.25) is 0 Å². The summed E-state index contributed by atoms with van der Waals surface area (Å²) < 4.78 is 33.6. The molecule has 1 aliphatic rings. The van der Waals surface area contributed by atoms with Crippen molar-refractivity contribution < 1.29 is 13.2 Å². The van der Waals surface area contributed by atoms with E-state index in [-0.39, 0.29) is 23.2 Å². The molecule has 7 nitrogen and oxygen atoms in total. The van der Waals surface area contributed by atoms with Gasteiger partial charge in [-0.3, -0.25) is 4.68 Å². The van der Waals surface area contributed by atoms with E-state index in [1.807, 2.05) is 6.92 Å². The summed E-state index contributed by atoms with van der Waals surface area (Å²) in [6, 6.07) is 0.872. The molecule has 3 unspecified atom stereocenters. The number of aryl methyl sites for hydroxylation is 1. The first-order valence-corrected chi connectivity index (χ1v) is 7.31. The highest BCUT2D eigenvalue weighted by atomic mass is 32.2. The van der Waals surface area contributed by atoms with E-state index in [0.29, 0.717) is 13.0 Å².